The molecule has 0 amide bonds. The molecule has 0 spiro atoms. The van der Waals surface area contributed by atoms with Gasteiger partial charge in [0, 0.05) is 23.1 Å². The second-order valence-corrected chi connectivity index (χ2v) is 7.92. The van der Waals surface area contributed by atoms with E-state index < -0.39 is 0 Å². The van der Waals surface area contributed by atoms with Gasteiger partial charge >= 0.3 is 0 Å². The van der Waals surface area contributed by atoms with Crippen molar-refractivity contribution in [2.45, 2.75) is 26.7 Å². The van der Waals surface area contributed by atoms with Crippen LogP contribution in [0.4, 0.5) is 5.69 Å². The number of methoxy groups -OCH3 is 2. The first-order valence-corrected chi connectivity index (χ1v) is 10.4. The molecule has 31 heavy (non-hydrogen) atoms. The van der Waals surface area contributed by atoms with E-state index >= 15 is 0 Å². The molecule has 158 valence electrons. The van der Waals surface area contributed by atoms with Crippen molar-refractivity contribution in [1.82, 2.24) is 0 Å². The smallest absolute Gasteiger partial charge is 0.144 e. The highest BCUT2D eigenvalue weighted by Crippen LogP contribution is 2.32. The van der Waals surface area contributed by atoms with Crippen LogP contribution in [0.2, 0.25) is 0 Å². The minimum Gasteiger partial charge on any atom is -0.497 e. The predicted octanol–water partition coefficient (Wildman–Crippen LogP) is 6.78. The maximum Gasteiger partial charge on any atom is 0.144 e. The van der Waals surface area contributed by atoms with Gasteiger partial charge in [-0.3, -0.25) is 0 Å². The van der Waals surface area contributed by atoms with E-state index in [1.165, 1.54) is 5.56 Å². The van der Waals surface area contributed by atoms with E-state index in [4.69, 9.17) is 18.9 Å². The Hall–Kier alpha value is -3.53. The highest BCUT2D eigenvalue weighted by molar-refractivity contribution is 5.79. The van der Waals surface area contributed by atoms with Gasteiger partial charge in [0.2, 0.25) is 0 Å². The number of nitrogens with zero attached hydrogens (tertiary/aromatic N) is 1. The molecule has 0 aliphatic rings. The predicted molar refractivity (Wildman–Crippen MR) is 125 cm³/mol. The summed E-state index contributed by atoms with van der Waals surface area (Å²) in [6.45, 7) is 6.44. The Kier molecular flexibility index (Phi) is 5.81. The molecule has 4 aromatic rings. The topological polar surface area (TPSA) is 44.0 Å². The zero-order valence-corrected chi connectivity index (χ0v) is 18.6. The molecule has 0 aliphatic carbocycles. The summed E-state index contributed by atoms with van der Waals surface area (Å²) in [5.41, 5.74) is 4.95. The lowest BCUT2D eigenvalue weighted by Gasteiger charge is -2.10. The van der Waals surface area contributed by atoms with Crippen molar-refractivity contribution in [3.05, 3.63) is 83.2 Å². The molecule has 0 saturated heterocycles. The summed E-state index contributed by atoms with van der Waals surface area (Å²) in [5, 5.41) is 1.77. The van der Waals surface area contributed by atoms with E-state index in [0.717, 1.165) is 39.0 Å². The Balaban J connectivity index is 1.96. The van der Waals surface area contributed by atoms with E-state index in [-0.39, 0.29) is 0 Å². The molecule has 0 fully saturated rings. The lowest BCUT2D eigenvalue weighted by molar-refractivity contribution is 0.404. The Bertz CT molecular complexity index is 1280. The zero-order valence-electron chi connectivity index (χ0n) is 18.6. The van der Waals surface area contributed by atoms with Crippen LogP contribution in [0, 0.1) is 6.92 Å². The van der Waals surface area contributed by atoms with Gasteiger partial charge in [-0.15, -0.1) is 0 Å². The normalized spacial score (nSPS) is 11.9. The van der Waals surface area contributed by atoms with Crippen LogP contribution in [0.3, 0.4) is 0 Å². The van der Waals surface area contributed by atoms with Crippen LogP contribution in [-0.2, 0) is 0 Å². The second-order valence-electron chi connectivity index (χ2n) is 7.92. The summed E-state index contributed by atoms with van der Waals surface area (Å²) < 4.78 is 17.2. The van der Waals surface area contributed by atoms with Crippen LogP contribution in [0.5, 0.6) is 11.5 Å². The summed E-state index contributed by atoms with van der Waals surface area (Å²) in [6, 6.07) is 22.2. The Morgan fingerprint density at radius 1 is 0.839 bits per heavy atom. The quantitative estimate of drug-likeness (QED) is 0.362. The van der Waals surface area contributed by atoms with Crippen molar-refractivity contribution in [2.24, 2.45) is 4.99 Å². The molecule has 0 saturated carbocycles. The minimum atomic E-state index is 0.483. The van der Waals surface area contributed by atoms with Gasteiger partial charge in [0.05, 0.1) is 19.6 Å². The number of benzene rings is 3. The highest BCUT2D eigenvalue weighted by atomic mass is 16.5. The molecule has 0 atom stereocenters. The van der Waals surface area contributed by atoms with Gasteiger partial charge in [0.1, 0.15) is 28.5 Å². The summed E-state index contributed by atoms with van der Waals surface area (Å²) in [5.74, 6) is 2.67. The van der Waals surface area contributed by atoms with Gasteiger partial charge < -0.3 is 13.9 Å². The molecule has 3 aromatic carbocycles. The highest BCUT2D eigenvalue weighted by Gasteiger charge is 2.10. The molecular formula is C27H27NO3. The molecule has 1 aromatic heterocycles. The third kappa shape index (κ3) is 4.33. The van der Waals surface area contributed by atoms with Gasteiger partial charge in [0.15, 0.2) is 0 Å². The zero-order chi connectivity index (χ0) is 22.0. The molecule has 0 radical (unpaired) electrons. The van der Waals surface area contributed by atoms with Gasteiger partial charge in [-0.1, -0.05) is 49.7 Å². The number of hydrogen-bond donors (Lipinski definition) is 0. The maximum atomic E-state index is 6.27. The maximum absolute atomic E-state index is 6.27. The number of hydrogen-bond acceptors (Lipinski definition) is 4. The fourth-order valence-corrected chi connectivity index (χ4v) is 3.56. The first-order valence-electron chi connectivity index (χ1n) is 10.4. The minimum absolute atomic E-state index is 0.483. The van der Waals surface area contributed by atoms with Crippen molar-refractivity contribution < 1.29 is 13.9 Å². The van der Waals surface area contributed by atoms with E-state index in [2.05, 4.69) is 51.1 Å². The average Bonchev–Trinajstić information content (AvgIpc) is 2.79. The molecule has 4 heteroatoms. The van der Waals surface area contributed by atoms with Crippen molar-refractivity contribution in [1.29, 1.82) is 0 Å². The summed E-state index contributed by atoms with van der Waals surface area (Å²) in [4.78, 5) is 4.96. The monoisotopic (exact) mass is 413 g/mol. The van der Waals surface area contributed by atoms with Gasteiger partial charge in [-0.2, -0.15) is 0 Å². The fourth-order valence-electron chi connectivity index (χ4n) is 3.56. The Labute approximate surface area is 182 Å². The van der Waals surface area contributed by atoms with Crippen LogP contribution in [-0.4, -0.2) is 14.2 Å². The molecule has 0 N–H and O–H groups in total. The first kappa shape index (κ1) is 20.7. The molecule has 0 bridgehead atoms. The SMILES string of the molecule is COc1ccc(OC)c(N=c2cc(-c3ccc(C(C)C)cc3)oc3ccc(C)cc23)c1. The Morgan fingerprint density at radius 3 is 2.29 bits per heavy atom. The van der Waals surface area contributed by atoms with Crippen molar-refractivity contribution in [3.8, 4) is 22.8 Å². The number of aryl methyl sites for hydroxylation is 1. The van der Waals surface area contributed by atoms with Crippen molar-refractivity contribution >= 4 is 16.7 Å². The third-order valence-corrected chi connectivity index (χ3v) is 5.39. The number of rotatable bonds is 5. The summed E-state index contributed by atoms with van der Waals surface area (Å²) in [7, 11) is 3.29. The Morgan fingerprint density at radius 2 is 1.61 bits per heavy atom. The molecule has 1 heterocycles. The van der Waals surface area contributed by atoms with Crippen LogP contribution >= 0.6 is 0 Å². The van der Waals surface area contributed by atoms with E-state index in [0.29, 0.717) is 17.4 Å². The van der Waals surface area contributed by atoms with Crippen molar-refractivity contribution in [2.75, 3.05) is 14.2 Å². The molecule has 4 rings (SSSR count). The third-order valence-electron chi connectivity index (χ3n) is 5.39. The number of ether oxygens (including phenoxy) is 2. The van der Waals surface area contributed by atoms with Crippen LogP contribution in [0.1, 0.15) is 30.9 Å². The van der Waals surface area contributed by atoms with E-state index in [9.17, 15) is 0 Å². The van der Waals surface area contributed by atoms with E-state index in [1.807, 2.05) is 36.4 Å². The van der Waals surface area contributed by atoms with Crippen molar-refractivity contribution in [3.63, 3.8) is 0 Å². The number of fused-ring (bicyclic) bond motifs is 1. The lowest BCUT2D eigenvalue weighted by Crippen LogP contribution is -2.04. The standard InChI is InChI=1S/C27H27NO3/c1-17(2)19-7-9-20(10-8-19)27-16-23(22-14-18(3)6-12-25(22)31-27)28-24-15-21(29-4)11-13-26(24)30-5/h6-17H,1-5H3. The molecular weight excluding hydrogens is 386 g/mol. The largest absolute Gasteiger partial charge is 0.497 e. The summed E-state index contributed by atoms with van der Waals surface area (Å²) in [6.07, 6.45) is 0. The van der Waals surface area contributed by atoms with Crippen LogP contribution < -0.4 is 14.8 Å². The molecule has 4 nitrogen and oxygen atoms in total. The van der Waals surface area contributed by atoms with Gasteiger partial charge in [0.25, 0.3) is 0 Å². The molecule has 0 aliphatic heterocycles. The second kappa shape index (κ2) is 8.68. The summed E-state index contributed by atoms with van der Waals surface area (Å²) >= 11 is 0. The van der Waals surface area contributed by atoms with Crippen LogP contribution in [0.25, 0.3) is 22.3 Å². The van der Waals surface area contributed by atoms with Gasteiger partial charge in [-0.05, 0) is 42.7 Å². The molecule has 0 unspecified atom stereocenters. The van der Waals surface area contributed by atoms with Gasteiger partial charge in [-0.25, -0.2) is 4.99 Å². The van der Waals surface area contributed by atoms with Crippen LogP contribution in [0.15, 0.2) is 76.1 Å². The van der Waals surface area contributed by atoms with E-state index in [1.54, 1.807) is 14.2 Å². The first-order chi connectivity index (χ1) is 15.0. The lowest BCUT2D eigenvalue weighted by atomic mass is 10.0. The average molecular weight is 414 g/mol. The fraction of sp³-hybridized carbons (Fsp3) is 0.222.